The van der Waals surface area contributed by atoms with Crippen molar-refractivity contribution in [3.8, 4) is 0 Å². The van der Waals surface area contributed by atoms with Gasteiger partial charge in [-0.2, -0.15) is 13.2 Å². The van der Waals surface area contributed by atoms with Gasteiger partial charge in [0.15, 0.2) is 0 Å². The van der Waals surface area contributed by atoms with Crippen LogP contribution in [0.2, 0.25) is 5.15 Å². The van der Waals surface area contributed by atoms with Gasteiger partial charge in [-0.05, 0) is 18.9 Å². The van der Waals surface area contributed by atoms with Crippen LogP contribution in [0.5, 0.6) is 0 Å². The maximum Gasteiger partial charge on any atom is 0.417 e. The highest BCUT2D eigenvalue weighted by Gasteiger charge is 2.38. The van der Waals surface area contributed by atoms with Gasteiger partial charge in [0.25, 0.3) is 0 Å². The van der Waals surface area contributed by atoms with Gasteiger partial charge in [-0.1, -0.05) is 11.6 Å². The Morgan fingerprint density at radius 1 is 1.43 bits per heavy atom. The average Bonchev–Trinajstić information content (AvgIpc) is 2.38. The van der Waals surface area contributed by atoms with Gasteiger partial charge in [0.05, 0.1) is 12.2 Å². The molecule has 0 spiro atoms. The zero-order valence-corrected chi connectivity index (χ0v) is 12.2. The van der Waals surface area contributed by atoms with Crippen molar-refractivity contribution >= 4 is 21.6 Å². The van der Waals surface area contributed by atoms with E-state index in [1.54, 1.807) is 0 Å². The largest absolute Gasteiger partial charge is 0.417 e. The monoisotopic (exact) mass is 344 g/mol. The summed E-state index contributed by atoms with van der Waals surface area (Å²) in [5.41, 5.74) is -1.34. The third-order valence-corrected chi connectivity index (χ3v) is 4.67. The molecule has 118 valence electrons. The molecule has 1 aliphatic heterocycles. The molecule has 0 aliphatic carbocycles. The van der Waals surface area contributed by atoms with E-state index in [9.17, 15) is 21.6 Å². The standard InChI is InChI=1S/C11H12ClF3N2O3S/c12-10-4-8(11(13,14)15)9(5-16-10)21(18,19)17-7-2-1-3-20-6-7/h4-5,7,17H,1-3,6H2/t7-/m1/s1. The zero-order chi connectivity index (χ0) is 15.7. The number of ether oxygens (including phenoxy) is 1. The van der Waals surface area contributed by atoms with Gasteiger partial charge in [-0.3, -0.25) is 0 Å². The molecule has 1 saturated heterocycles. The summed E-state index contributed by atoms with van der Waals surface area (Å²) in [6.07, 6.45) is -3.10. The van der Waals surface area contributed by atoms with Crippen molar-refractivity contribution in [2.75, 3.05) is 13.2 Å². The van der Waals surface area contributed by atoms with Crippen molar-refractivity contribution in [2.45, 2.75) is 30.0 Å². The van der Waals surface area contributed by atoms with Gasteiger partial charge in [0, 0.05) is 18.8 Å². The summed E-state index contributed by atoms with van der Waals surface area (Å²) >= 11 is 5.42. The summed E-state index contributed by atoms with van der Waals surface area (Å²) in [5.74, 6) is 0. The van der Waals surface area contributed by atoms with E-state index in [2.05, 4.69) is 9.71 Å². The second kappa shape index (κ2) is 6.07. The molecule has 10 heteroatoms. The predicted molar refractivity (Wildman–Crippen MR) is 68.4 cm³/mol. The van der Waals surface area contributed by atoms with Gasteiger partial charge in [-0.25, -0.2) is 18.1 Å². The second-order valence-corrected chi connectivity index (χ2v) is 6.61. The molecule has 2 rings (SSSR count). The summed E-state index contributed by atoms with van der Waals surface area (Å²) in [5, 5.41) is -0.428. The normalized spacial score (nSPS) is 20.5. The molecule has 1 aromatic heterocycles. The van der Waals surface area contributed by atoms with Crippen LogP contribution >= 0.6 is 11.6 Å². The Kier molecular flexibility index (Phi) is 4.76. The molecule has 1 fully saturated rings. The fraction of sp³-hybridized carbons (Fsp3) is 0.545. The summed E-state index contributed by atoms with van der Waals surface area (Å²) < 4.78 is 70.4. The van der Waals surface area contributed by atoms with Crippen molar-refractivity contribution in [3.63, 3.8) is 0 Å². The van der Waals surface area contributed by atoms with E-state index in [1.807, 2.05) is 0 Å². The van der Waals surface area contributed by atoms with Crippen LogP contribution in [0.3, 0.4) is 0 Å². The lowest BCUT2D eigenvalue weighted by Gasteiger charge is -2.23. The van der Waals surface area contributed by atoms with Crippen LogP contribution in [0, 0.1) is 0 Å². The molecule has 2 heterocycles. The number of pyridine rings is 1. The van der Waals surface area contributed by atoms with Crippen molar-refractivity contribution in [2.24, 2.45) is 0 Å². The summed E-state index contributed by atoms with van der Waals surface area (Å²) in [6.45, 7) is 0.635. The minimum Gasteiger partial charge on any atom is -0.380 e. The number of alkyl halides is 3. The Hall–Kier alpha value is -0.900. The Morgan fingerprint density at radius 3 is 2.71 bits per heavy atom. The van der Waals surface area contributed by atoms with E-state index in [1.165, 1.54) is 0 Å². The van der Waals surface area contributed by atoms with E-state index >= 15 is 0 Å². The smallest absolute Gasteiger partial charge is 0.380 e. The van der Waals surface area contributed by atoms with Gasteiger partial charge < -0.3 is 4.74 Å². The van der Waals surface area contributed by atoms with Gasteiger partial charge in [0.1, 0.15) is 10.0 Å². The highest BCUT2D eigenvalue weighted by Crippen LogP contribution is 2.35. The fourth-order valence-corrected chi connectivity index (χ4v) is 3.53. The third-order valence-electron chi connectivity index (χ3n) is 2.91. The molecule has 0 aromatic carbocycles. The maximum absolute atomic E-state index is 12.9. The molecular formula is C11H12ClF3N2O3S. The minimum absolute atomic E-state index is 0.127. The Bertz CT molecular complexity index is 616. The molecule has 0 saturated carbocycles. The van der Waals surface area contributed by atoms with E-state index in [0.717, 1.165) is 0 Å². The van der Waals surface area contributed by atoms with E-state index in [-0.39, 0.29) is 6.61 Å². The maximum atomic E-state index is 12.9. The number of nitrogens with one attached hydrogen (secondary N) is 1. The van der Waals surface area contributed by atoms with Crippen LogP contribution in [0.4, 0.5) is 13.2 Å². The molecule has 1 N–H and O–H groups in total. The quantitative estimate of drug-likeness (QED) is 0.854. The number of nitrogens with zero attached hydrogens (tertiary/aromatic N) is 1. The van der Waals surface area contributed by atoms with Crippen molar-refractivity contribution in [1.82, 2.24) is 9.71 Å². The number of halogens is 4. The first-order valence-electron chi connectivity index (χ1n) is 6.03. The van der Waals surface area contributed by atoms with Crippen LogP contribution in [0.25, 0.3) is 0 Å². The minimum atomic E-state index is -4.85. The highest BCUT2D eigenvalue weighted by molar-refractivity contribution is 7.89. The summed E-state index contributed by atoms with van der Waals surface area (Å²) in [6, 6.07) is -0.0615. The lowest BCUT2D eigenvalue weighted by molar-refractivity contribution is -0.140. The number of hydrogen-bond acceptors (Lipinski definition) is 4. The van der Waals surface area contributed by atoms with Crippen molar-refractivity contribution in [1.29, 1.82) is 0 Å². The van der Waals surface area contributed by atoms with Crippen LogP contribution < -0.4 is 4.72 Å². The molecule has 1 aromatic rings. The molecule has 0 unspecified atom stereocenters. The molecule has 1 atom stereocenters. The summed E-state index contributed by atoms with van der Waals surface area (Å²) in [4.78, 5) is 2.49. The van der Waals surface area contributed by atoms with Crippen LogP contribution in [-0.4, -0.2) is 32.7 Å². The topological polar surface area (TPSA) is 68.3 Å². The van der Waals surface area contributed by atoms with Crippen molar-refractivity contribution < 1.29 is 26.3 Å². The first kappa shape index (κ1) is 16.5. The number of hydrogen-bond donors (Lipinski definition) is 1. The summed E-state index contributed by atoms with van der Waals surface area (Å²) in [7, 11) is -4.36. The molecule has 1 aliphatic rings. The number of sulfonamides is 1. The third kappa shape index (κ3) is 4.06. The zero-order valence-electron chi connectivity index (χ0n) is 10.7. The number of aromatic nitrogens is 1. The van der Waals surface area contributed by atoms with Crippen LogP contribution in [-0.2, 0) is 20.9 Å². The Balaban J connectivity index is 2.35. The molecule has 21 heavy (non-hydrogen) atoms. The first-order chi connectivity index (χ1) is 9.70. The molecule has 5 nitrogen and oxygen atoms in total. The van der Waals surface area contributed by atoms with E-state index < -0.39 is 37.9 Å². The fourth-order valence-electron chi connectivity index (χ4n) is 1.97. The Morgan fingerprint density at radius 2 is 2.14 bits per heavy atom. The SMILES string of the molecule is O=S(=O)(N[C@@H]1CCCOC1)c1cnc(Cl)cc1C(F)(F)F. The van der Waals surface area contributed by atoms with Gasteiger partial charge in [0.2, 0.25) is 10.0 Å². The van der Waals surface area contributed by atoms with Crippen LogP contribution in [0.1, 0.15) is 18.4 Å². The molecule has 0 radical (unpaired) electrons. The molecule has 0 amide bonds. The lowest BCUT2D eigenvalue weighted by atomic mass is 10.1. The Labute approximate surface area is 124 Å². The first-order valence-corrected chi connectivity index (χ1v) is 7.89. The van der Waals surface area contributed by atoms with E-state index in [4.69, 9.17) is 16.3 Å². The van der Waals surface area contributed by atoms with Crippen LogP contribution in [0.15, 0.2) is 17.2 Å². The predicted octanol–water partition coefficient (Wildman–Crippen LogP) is 2.21. The number of rotatable bonds is 3. The van der Waals surface area contributed by atoms with E-state index in [0.29, 0.717) is 31.7 Å². The highest BCUT2D eigenvalue weighted by atomic mass is 35.5. The molecular weight excluding hydrogens is 333 g/mol. The molecule has 0 bridgehead atoms. The van der Waals surface area contributed by atoms with Gasteiger partial charge >= 0.3 is 6.18 Å². The second-order valence-electron chi connectivity index (χ2n) is 4.54. The van der Waals surface area contributed by atoms with Gasteiger partial charge in [-0.15, -0.1) is 0 Å². The average molecular weight is 345 g/mol. The lowest BCUT2D eigenvalue weighted by Crippen LogP contribution is -2.41. The van der Waals surface area contributed by atoms with Crippen molar-refractivity contribution in [3.05, 3.63) is 23.0 Å².